The van der Waals surface area contributed by atoms with E-state index in [2.05, 4.69) is 6.92 Å². The first kappa shape index (κ1) is 32.9. The monoisotopic (exact) mass is 344 g/mol. The summed E-state index contributed by atoms with van der Waals surface area (Å²) >= 11 is 0. The molecular formula is C15H36O5Ti. The second-order valence-corrected chi connectivity index (χ2v) is 3.97. The Morgan fingerprint density at radius 3 is 1.24 bits per heavy atom. The molecule has 4 N–H and O–H groups in total. The third-order valence-corrected chi connectivity index (χ3v) is 2.49. The summed E-state index contributed by atoms with van der Waals surface area (Å²) in [5, 5.41) is 29.4. The molecule has 0 heterocycles. The summed E-state index contributed by atoms with van der Waals surface area (Å²) in [5.74, 6) is -0.659. The van der Waals surface area contributed by atoms with Crippen LogP contribution in [0.4, 0.5) is 0 Å². The molecule has 5 nitrogen and oxygen atoms in total. The van der Waals surface area contributed by atoms with Gasteiger partial charge in [0.25, 0.3) is 0 Å². The topological polar surface area (TPSA) is 98.0 Å². The summed E-state index contributed by atoms with van der Waals surface area (Å²) in [7, 11) is 3.00. The number of aliphatic carboxylic acids is 1. The molecule has 0 radical (unpaired) electrons. The molecule has 0 aromatic heterocycles. The van der Waals surface area contributed by atoms with Crippen LogP contribution < -0.4 is 0 Å². The Balaban J connectivity index is -0.000000107. The Hall–Kier alpha value is 0.0643. The van der Waals surface area contributed by atoms with Gasteiger partial charge in [-0.15, -0.1) is 0 Å². The number of rotatable bonds is 10. The zero-order valence-corrected chi connectivity index (χ0v) is 15.8. The van der Waals surface area contributed by atoms with Gasteiger partial charge in [-0.05, 0) is 6.42 Å². The molecule has 130 valence electrons. The summed E-state index contributed by atoms with van der Waals surface area (Å²) in [4.78, 5) is 10.2. The normalized spacial score (nSPS) is 7.76. The number of unbranched alkanes of at least 4 members (excludes halogenated alkanes) is 8. The van der Waals surface area contributed by atoms with Gasteiger partial charge in [0.05, 0.1) is 0 Å². The van der Waals surface area contributed by atoms with Crippen molar-refractivity contribution in [3.05, 3.63) is 0 Å². The van der Waals surface area contributed by atoms with E-state index in [4.69, 9.17) is 20.4 Å². The van der Waals surface area contributed by atoms with Gasteiger partial charge >= 0.3 is 5.97 Å². The number of carbonyl (C=O) groups is 1. The van der Waals surface area contributed by atoms with Gasteiger partial charge in [-0.25, -0.2) is 0 Å². The number of aliphatic hydroxyl groups excluding tert-OH is 3. The van der Waals surface area contributed by atoms with Gasteiger partial charge in [0.2, 0.25) is 0 Å². The van der Waals surface area contributed by atoms with Crippen LogP contribution in [0.5, 0.6) is 0 Å². The van der Waals surface area contributed by atoms with Crippen LogP contribution in [0.25, 0.3) is 0 Å². The van der Waals surface area contributed by atoms with Crippen LogP contribution in [0.15, 0.2) is 0 Å². The van der Waals surface area contributed by atoms with Gasteiger partial charge in [0, 0.05) is 49.5 Å². The van der Waals surface area contributed by atoms with Crippen molar-refractivity contribution >= 4 is 5.97 Å². The Morgan fingerprint density at radius 2 is 0.952 bits per heavy atom. The second-order valence-electron chi connectivity index (χ2n) is 3.97. The molecule has 0 bridgehead atoms. The second kappa shape index (κ2) is 42.7. The van der Waals surface area contributed by atoms with Gasteiger partial charge in [0.1, 0.15) is 0 Å². The van der Waals surface area contributed by atoms with Crippen molar-refractivity contribution in [1.82, 2.24) is 0 Å². The third kappa shape index (κ3) is 53.5. The van der Waals surface area contributed by atoms with Crippen molar-refractivity contribution in [3.63, 3.8) is 0 Å². The standard InChI is InChI=1S/C12H24O2.3CH4O.Ti/c1-2-3-4-5-6-7-8-9-10-11-12(13)14;3*1-2;/h2-11H2,1H3,(H,13,14);3*2H,1H3;. The van der Waals surface area contributed by atoms with E-state index >= 15 is 0 Å². The fraction of sp³-hybridized carbons (Fsp3) is 0.933. The van der Waals surface area contributed by atoms with E-state index in [0.717, 1.165) is 34.2 Å². The van der Waals surface area contributed by atoms with Crippen molar-refractivity contribution in [3.8, 4) is 0 Å². The molecule has 0 aromatic rings. The largest absolute Gasteiger partial charge is 0.481 e. The molecule has 0 aliphatic heterocycles. The summed E-state index contributed by atoms with van der Waals surface area (Å²) < 4.78 is 0. The molecule has 0 amide bonds. The number of carboxylic acids is 1. The quantitative estimate of drug-likeness (QED) is 0.361. The van der Waals surface area contributed by atoms with Crippen molar-refractivity contribution in [2.24, 2.45) is 0 Å². The van der Waals surface area contributed by atoms with Gasteiger partial charge < -0.3 is 20.4 Å². The molecule has 0 saturated carbocycles. The zero-order chi connectivity index (χ0) is 16.6. The number of aliphatic hydroxyl groups is 3. The summed E-state index contributed by atoms with van der Waals surface area (Å²) in [6.07, 6.45) is 11.5. The van der Waals surface area contributed by atoms with E-state index < -0.39 is 5.97 Å². The van der Waals surface area contributed by atoms with Crippen LogP contribution in [-0.4, -0.2) is 47.7 Å². The summed E-state index contributed by atoms with van der Waals surface area (Å²) in [6, 6.07) is 0. The van der Waals surface area contributed by atoms with Crippen molar-refractivity contribution < 1.29 is 46.9 Å². The van der Waals surface area contributed by atoms with Crippen molar-refractivity contribution in [2.75, 3.05) is 21.3 Å². The van der Waals surface area contributed by atoms with Crippen LogP contribution in [0.3, 0.4) is 0 Å². The molecule has 6 heteroatoms. The van der Waals surface area contributed by atoms with Gasteiger partial charge in [-0.2, -0.15) is 0 Å². The maximum absolute atomic E-state index is 10.2. The molecule has 21 heavy (non-hydrogen) atoms. The average molecular weight is 344 g/mol. The molecule has 0 aliphatic rings. The zero-order valence-electron chi connectivity index (χ0n) is 14.3. The fourth-order valence-corrected chi connectivity index (χ4v) is 1.59. The van der Waals surface area contributed by atoms with Crippen LogP contribution in [0.2, 0.25) is 0 Å². The van der Waals surface area contributed by atoms with Gasteiger partial charge in [-0.1, -0.05) is 58.3 Å². The Bertz CT molecular complexity index is 146. The number of hydrogen-bond acceptors (Lipinski definition) is 4. The van der Waals surface area contributed by atoms with Crippen molar-refractivity contribution in [1.29, 1.82) is 0 Å². The average Bonchev–Trinajstić information content (AvgIpc) is 2.51. The Kier molecular flexibility index (Phi) is 66.9. The predicted molar refractivity (Wildman–Crippen MR) is 83.9 cm³/mol. The minimum absolute atomic E-state index is 0. The summed E-state index contributed by atoms with van der Waals surface area (Å²) in [6.45, 7) is 2.23. The SMILES string of the molecule is CCCCCCCCCCCC(=O)O.CO.CO.CO.[Ti]. The van der Waals surface area contributed by atoms with E-state index in [0.29, 0.717) is 6.42 Å². The molecule has 0 rings (SSSR count). The van der Waals surface area contributed by atoms with E-state index in [1.54, 1.807) is 0 Å². The third-order valence-electron chi connectivity index (χ3n) is 2.49. The van der Waals surface area contributed by atoms with Crippen LogP contribution in [-0.2, 0) is 26.5 Å². The minimum Gasteiger partial charge on any atom is -0.481 e. The first-order chi connectivity index (χ1) is 9.77. The maximum atomic E-state index is 10.2. The molecule has 0 spiro atoms. The smallest absolute Gasteiger partial charge is 0.303 e. The number of carboxylic acid groups (broad SMARTS) is 1. The first-order valence-corrected chi connectivity index (χ1v) is 7.33. The molecule has 0 aliphatic carbocycles. The van der Waals surface area contributed by atoms with E-state index in [-0.39, 0.29) is 21.7 Å². The van der Waals surface area contributed by atoms with Crippen molar-refractivity contribution in [2.45, 2.75) is 71.1 Å². The molecule has 0 aromatic carbocycles. The van der Waals surface area contributed by atoms with Crippen LogP contribution in [0.1, 0.15) is 71.1 Å². The minimum atomic E-state index is -0.659. The Labute approximate surface area is 145 Å². The van der Waals surface area contributed by atoms with Crippen LogP contribution >= 0.6 is 0 Å². The molecule has 0 atom stereocenters. The summed E-state index contributed by atoms with van der Waals surface area (Å²) in [5.41, 5.74) is 0. The van der Waals surface area contributed by atoms with Gasteiger partial charge in [0.15, 0.2) is 0 Å². The Morgan fingerprint density at radius 1 is 0.667 bits per heavy atom. The molecule has 0 fully saturated rings. The fourth-order valence-electron chi connectivity index (χ4n) is 1.59. The van der Waals surface area contributed by atoms with E-state index in [9.17, 15) is 4.79 Å². The first-order valence-electron chi connectivity index (χ1n) is 7.33. The molecule has 0 unspecified atom stereocenters. The predicted octanol–water partition coefficient (Wildman–Crippen LogP) is 2.81. The maximum Gasteiger partial charge on any atom is 0.303 e. The van der Waals surface area contributed by atoms with Gasteiger partial charge in [-0.3, -0.25) is 4.79 Å². The van der Waals surface area contributed by atoms with E-state index in [1.807, 2.05) is 0 Å². The van der Waals surface area contributed by atoms with E-state index in [1.165, 1.54) is 44.9 Å². The van der Waals surface area contributed by atoms with Crippen LogP contribution in [0, 0.1) is 0 Å². The molecule has 0 saturated heterocycles. The molecular weight excluding hydrogens is 308 g/mol. The number of hydrogen-bond donors (Lipinski definition) is 4.